The van der Waals surface area contributed by atoms with Crippen molar-refractivity contribution in [1.82, 2.24) is 29.4 Å². The van der Waals surface area contributed by atoms with Crippen molar-refractivity contribution in [3.8, 4) is 28.3 Å². The molecule has 194 valence electrons. The summed E-state index contributed by atoms with van der Waals surface area (Å²) in [6.45, 7) is 5.96. The molecule has 0 fully saturated rings. The van der Waals surface area contributed by atoms with Crippen molar-refractivity contribution >= 4 is 16.2 Å². The predicted molar refractivity (Wildman–Crippen MR) is 120 cm³/mol. The lowest BCUT2D eigenvalue weighted by atomic mass is 10.1. The molecule has 0 spiro atoms. The Hall–Kier alpha value is -3.62. The Morgan fingerprint density at radius 1 is 1.08 bits per heavy atom. The van der Waals surface area contributed by atoms with E-state index in [1.165, 1.54) is 34.1 Å². The SMILES string of the molecule is Cn1cc(-c2cnc(OS(=O)(=O)C(F)(F)F)c(-c3cc4n(n3)CCN(C(=O)OC(C)(C)C)C4)c2)cn1. The molecular formula is C21H23F3N6O5S. The maximum atomic E-state index is 13.0. The Morgan fingerprint density at radius 2 is 1.81 bits per heavy atom. The van der Waals surface area contributed by atoms with E-state index in [0.717, 1.165) is 0 Å². The fraction of sp³-hybridized carbons (Fsp3) is 0.429. The molecule has 1 aliphatic heterocycles. The van der Waals surface area contributed by atoms with Crippen LogP contribution in [0, 0.1) is 0 Å². The molecule has 0 saturated heterocycles. The van der Waals surface area contributed by atoms with E-state index in [9.17, 15) is 26.4 Å². The molecular weight excluding hydrogens is 505 g/mol. The largest absolute Gasteiger partial charge is 0.534 e. The Kier molecular flexibility index (Phi) is 6.22. The first-order chi connectivity index (χ1) is 16.6. The molecule has 36 heavy (non-hydrogen) atoms. The van der Waals surface area contributed by atoms with Crippen molar-refractivity contribution in [2.24, 2.45) is 7.05 Å². The molecule has 0 bridgehead atoms. The number of rotatable bonds is 4. The van der Waals surface area contributed by atoms with Crippen LogP contribution in [-0.2, 0) is 35.0 Å². The summed E-state index contributed by atoms with van der Waals surface area (Å²) in [6, 6.07) is 2.96. The summed E-state index contributed by atoms with van der Waals surface area (Å²) in [4.78, 5) is 17.8. The number of carbonyl (C=O) groups excluding carboxylic acids is 1. The molecule has 0 aliphatic carbocycles. The van der Waals surface area contributed by atoms with Gasteiger partial charge in [-0.1, -0.05) is 0 Å². The molecule has 0 radical (unpaired) electrons. The minimum atomic E-state index is -5.98. The Labute approximate surface area is 204 Å². The number of aromatic nitrogens is 5. The standard InChI is InChI=1S/C21H23F3N6O5S/c1-20(2,3)34-19(31)29-5-6-30-15(12-29)8-17(27-30)16-7-13(14-10-26-28(4)11-14)9-25-18(16)35-36(32,33)21(22,23)24/h7-11H,5-6,12H2,1-4H3. The van der Waals surface area contributed by atoms with Crippen LogP contribution in [0.5, 0.6) is 5.88 Å². The molecule has 0 N–H and O–H groups in total. The lowest BCUT2D eigenvalue weighted by Gasteiger charge is -2.30. The minimum Gasteiger partial charge on any atom is -0.444 e. The van der Waals surface area contributed by atoms with Crippen molar-refractivity contribution in [3.63, 3.8) is 0 Å². The summed E-state index contributed by atoms with van der Waals surface area (Å²) in [5.41, 5.74) is -4.66. The van der Waals surface area contributed by atoms with Gasteiger partial charge in [0.15, 0.2) is 0 Å². The number of hydrogen-bond acceptors (Lipinski definition) is 8. The fourth-order valence-electron chi connectivity index (χ4n) is 3.46. The second kappa shape index (κ2) is 8.80. The number of ether oxygens (including phenoxy) is 1. The molecule has 3 aromatic heterocycles. The molecule has 4 heterocycles. The minimum absolute atomic E-state index is 0.0742. The maximum Gasteiger partial charge on any atom is 0.534 e. The summed E-state index contributed by atoms with van der Waals surface area (Å²) in [7, 11) is -4.29. The van der Waals surface area contributed by atoms with Gasteiger partial charge in [-0.25, -0.2) is 9.78 Å². The summed E-state index contributed by atoms with van der Waals surface area (Å²) >= 11 is 0. The van der Waals surface area contributed by atoms with Crippen LogP contribution < -0.4 is 4.18 Å². The molecule has 4 rings (SSSR count). The molecule has 1 aliphatic rings. The first kappa shape index (κ1) is 25.5. The summed E-state index contributed by atoms with van der Waals surface area (Å²) in [6.07, 6.45) is 3.84. The Morgan fingerprint density at radius 3 is 2.42 bits per heavy atom. The topological polar surface area (TPSA) is 121 Å². The number of aryl methyl sites for hydroxylation is 1. The van der Waals surface area contributed by atoms with Gasteiger partial charge in [0.25, 0.3) is 0 Å². The monoisotopic (exact) mass is 528 g/mol. The van der Waals surface area contributed by atoms with E-state index in [1.807, 2.05) is 0 Å². The van der Waals surface area contributed by atoms with Gasteiger partial charge in [-0.05, 0) is 32.9 Å². The van der Waals surface area contributed by atoms with Gasteiger partial charge >= 0.3 is 21.7 Å². The van der Waals surface area contributed by atoms with Gasteiger partial charge in [-0.15, -0.1) is 0 Å². The second-order valence-corrected chi connectivity index (χ2v) is 10.6. The van der Waals surface area contributed by atoms with Gasteiger partial charge in [0.1, 0.15) is 5.60 Å². The highest BCUT2D eigenvalue weighted by Gasteiger charge is 2.49. The molecule has 1 amide bonds. The second-order valence-electron chi connectivity index (χ2n) is 9.11. The van der Waals surface area contributed by atoms with Crippen LogP contribution in [0.3, 0.4) is 0 Å². The van der Waals surface area contributed by atoms with Crippen molar-refractivity contribution in [2.45, 2.75) is 45.0 Å². The van der Waals surface area contributed by atoms with Gasteiger partial charge in [-0.2, -0.15) is 31.8 Å². The normalized spacial score (nSPS) is 14.5. The first-order valence-electron chi connectivity index (χ1n) is 10.7. The van der Waals surface area contributed by atoms with Crippen molar-refractivity contribution < 1.29 is 35.3 Å². The van der Waals surface area contributed by atoms with Crippen LogP contribution in [0.2, 0.25) is 0 Å². The van der Waals surface area contributed by atoms with Gasteiger partial charge in [0, 0.05) is 37.1 Å². The van der Waals surface area contributed by atoms with Crippen LogP contribution in [0.1, 0.15) is 26.5 Å². The number of hydrogen-bond donors (Lipinski definition) is 0. The van der Waals surface area contributed by atoms with E-state index in [2.05, 4.69) is 19.4 Å². The van der Waals surface area contributed by atoms with E-state index in [1.54, 1.807) is 38.7 Å². The van der Waals surface area contributed by atoms with Gasteiger partial charge in [0.05, 0.1) is 36.2 Å². The van der Waals surface area contributed by atoms with Gasteiger partial charge in [0.2, 0.25) is 5.88 Å². The summed E-state index contributed by atoms with van der Waals surface area (Å²) < 4.78 is 75.3. The quantitative estimate of drug-likeness (QED) is 0.374. The molecule has 3 aromatic rings. The van der Waals surface area contributed by atoms with Crippen LogP contribution in [-0.4, -0.2) is 61.6 Å². The van der Waals surface area contributed by atoms with E-state index in [4.69, 9.17) is 4.74 Å². The number of nitrogens with zero attached hydrogens (tertiary/aromatic N) is 6. The smallest absolute Gasteiger partial charge is 0.444 e. The zero-order valence-electron chi connectivity index (χ0n) is 19.8. The highest BCUT2D eigenvalue weighted by Crippen LogP contribution is 2.36. The van der Waals surface area contributed by atoms with Crippen molar-refractivity contribution in [1.29, 1.82) is 0 Å². The molecule has 0 saturated carbocycles. The predicted octanol–water partition coefficient (Wildman–Crippen LogP) is 3.32. The molecule has 15 heteroatoms. The van der Waals surface area contributed by atoms with E-state index in [0.29, 0.717) is 29.9 Å². The number of fused-ring (bicyclic) bond motifs is 1. The zero-order valence-corrected chi connectivity index (χ0v) is 20.6. The third-order valence-electron chi connectivity index (χ3n) is 5.09. The van der Waals surface area contributed by atoms with Crippen molar-refractivity contribution in [3.05, 3.63) is 36.4 Å². The third kappa shape index (κ3) is 5.29. The fourth-order valence-corrected chi connectivity index (χ4v) is 3.90. The lowest BCUT2D eigenvalue weighted by Crippen LogP contribution is -2.41. The van der Waals surface area contributed by atoms with E-state index in [-0.39, 0.29) is 17.8 Å². The molecule has 0 aromatic carbocycles. The van der Waals surface area contributed by atoms with Crippen LogP contribution >= 0.6 is 0 Å². The number of halogens is 3. The van der Waals surface area contributed by atoms with Crippen LogP contribution in [0.25, 0.3) is 22.4 Å². The van der Waals surface area contributed by atoms with E-state index >= 15 is 0 Å². The Balaban J connectivity index is 1.72. The van der Waals surface area contributed by atoms with Crippen molar-refractivity contribution in [2.75, 3.05) is 6.54 Å². The van der Waals surface area contributed by atoms with E-state index < -0.39 is 33.2 Å². The number of pyridine rings is 1. The average Bonchev–Trinajstić information content (AvgIpc) is 3.37. The van der Waals surface area contributed by atoms with Gasteiger partial charge in [-0.3, -0.25) is 9.36 Å². The summed E-state index contributed by atoms with van der Waals surface area (Å²) in [5, 5.41) is 8.46. The van der Waals surface area contributed by atoms with Gasteiger partial charge < -0.3 is 13.8 Å². The molecule has 0 unspecified atom stereocenters. The maximum absolute atomic E-state index is 13.0. The first-order valence-corrected chi connectivity index (χ1v) is 12.1. The third-order valence-corrected chi connectivity index (χ3v) is 6.03. The summed E-state index contributed by atoms with van der Waals surface area (Å²) in [5.74, 6) is -0.778. The average molecular weight is 529 g/mol. The highest BCUT2D eigenvalue weighted by atomic mass is 32.2. The Bertz CT molecular complexity index is 1410. The lowest BCUT2D eigenvalue weighted by molar-refractivity contribution is -0.0501. The number of alkyl halides is 3. The number of carbonyl (C=O) groups is 1. The number of amides is 1. The van der Waals surface area contributed by atoms with Crippen LogP contribution in [0.15, 0.2) is 30.7 Å². The molecule has 11 nitrogen and oxygen atoms in total. The highest BCUT2D eigenvalue weighted by molar-refractivity contribution is 7.88. The molecule has 0 atom stereocenters. The van der Waals surface area contributed by atoms with Crippen LogP contribution in [0.4, 0.5) is 18.0 Å². The zero-order chi connectivity index (χ0) is 26.5.